The van der Waals surface area contributed by atoms with Crippen molar-refractivity contribution in [2.75, 3.05) is 38.5 Å². The minimum absolute atomic E-state index is 0.122. The molecule has 0 atom stereocenters. The Hall–Kier alpha value is -3.03. The highest BCUT2D eigenvalue weighted by molar-refractivity contribution is 6.03. The Morgan fingerprint density at radius 3 is 2.76 bits per heavy atom. The summed E-state index contributed by atoms with van der Waals surface area (Å²) in [6, 6.07) is 8.27. The SMILES string of the molecule is C[N+](O)(O)CCN1CCC(c2ccc(NC(=O)c3ncc(C#N)[nH]3)c(C3=CCCCC3)c2)CC1. The van der Waals surface area contributed by atoms with Crippen LogP contribution in [0.25, 0.3) is 5.57 Å². The molecule has 1 aliphatic carbocycles. The van der Waals surface area contributed by atoms with Crippen LogP contribution in [0.4, 0.5) is 5.69 Å². The molecule has 1 aromatic carbocycles. The molecule has 180 valence electrons. The number of likely N-dealkylation sites (N-methyl/N-ethyl adjacent to an activating group) is 1. The number of allylic oxidation sites excluding steroid dienone is 2. The fourth-order valence-electron chi connectivity index (χ4n) is 4.77. The summed E-state index contributed by atoms with van der Waals surface area (Å²) in [5.74, 6) is 0.187. The Kier molecular flexibility index (Phi) is 7.44. The minimum Gasteiger partial charge on any atom is -0.326 e. The quantitative estimate of drug-likeness (QED) is 0.363. The van der Waals surface area contributed by atoms with E-state index >= 15 is 0 Å². The second-order valence-electron chi connectivity index (χ2n) is 9.42. The van der Waals surface area contributed by atoms with E-state index in [1.807, 2.05) is 12.1 Å². The highest BCUT2D eigenvalue weighted by atomic mass is 16.8. The van der Waals surface area contributed by atoms with Crippen LogP contribution in [0, 0.1) is 11.3 Å². The maximum atomic E-state index is 12.8. The first-order valence-electron chi connectivity index (χ1n) is 12.0. The van der Waals surface area contributed by atoms with Crippen LogP contribution in [-0.4, -0.2) is 69.2 Å². The number of anilines is 1. The van der Waals surface area contributed by atoms with Crippen LogP contribution in [-0.2, 0) is 0 Å². The van der Waals surface area contributed by atoms with Crippen molar-refractivity contribution in [3.8, 4) is 6.07 Å². The van der Waals surface area contributed by atoms with Gasteiger partial charge in [-0.1, -0.05) is 12.1 Å². The predicted octanol–water partition coefficient (Wildman–Crippen LogP) is 3.90. The van der Waals surface area contributed by atoms with Crippen LogP contribution in [0.3, 0.4) is 0 Å². The number of hydroxylamine groups is 4. The van der Waals surface area contributed by atoms with Gasteiger partial charge in [0.15, 0.2) is 12.4 Å². The number of benzene rings is 1. The molecule has 0 bridgehead atoms. The van der Waals surface area contributed by atoms with Gasteiger partial charge >= 0.3 is 0 Å². The normalized spacial score (nSPS) is 17.8. The number of aromatic nitrogens is 2. The summed E-state index contributed by atoms with van der Waals surface area (Å²) < 4.78 is 0. The molecule has 0 radical (unpaired) electrons. The second-order valence-corrected chi connectivity index (χ2v) is 9.42. The summed E-state index contributed by atoms with van der Waals surface area (Å²) in [6.45, 7) is 2.77. The maximum Gasteiger partial charge on any atom is 0.291 e. The number of rotatable bonds is 7. The molecule has 2 aromatic rings. The molecular formula is C25H33N6O3+. The molecule has 1 saturated heterocycles. The van der Waals surface area contributed by atoms with Gasteiger partial charge in [-0.2, -0.15) is 15.7 Å². The first-order chi connectivity index (χ1) is 16.3. The molecule has 1 aliphatic heterocycles. The molecule has 0 spiro atoms. The largest absolute Gasteiger partial charge is 0.326 e. The number of piperidine rings is 1. The number of aromatic amines is 1. The topological polar surface area (TPSA) is 125 Å². The van der Waals surface area contributed by atoms with Crippen molar-refractivity contribution in [3.05, 3.63) is 53.1 Å². The highest BCUT2D eigenvalue weighted by Crippen LogP contribution is 2.36. The molecule has 34 heavy (non-hydrogen) atoms. The van der Waals surface area contributed by atoms with Crippen molar-refractivity contribution < 1.29 is 20.0 Å². The van der Waals surface area contributed by atoms with Crippen LogP contribution >= 0.6 is 0 Å². The molecule has 2 aliphatic rings. The average Bonchev–Trinajstić information content (AvgIpc) is 3.33. The van der Waals surface area contributed by atoms with Gasteiger partial charge in [0.25, 0.3) is 5.91 Å². The van der Waals surface area contributed by atoms with E-state index in [1.54, 1.807) is 0 Å². The van der Waals surface area contributed by atoms with E-state index in [4.69, 9.17) is 5.26 Å². The summed E-state index contributed by atoms with van der Waals surface area (Å²) in [5.41, 5.74) is 4.62. The van der Waals surface area contributed by atoms with Gasteiger partial charge < -0.3 is 10.3 Å². The smallest absolute Gasteiger partial charge is 0.291 e. The van der Waals surface area contributed by atoms with Crippen LogP contribution in [0.1, 0.15) is 71.9 Å². The summed E-state index contributed by atoms with van der Waals surface area (Å²) in [4.78, 5) is 20.8. The van der Waals surface area contributed by atoms with Gasteiger partial charge in [0.2, 0.25) is 0 Å². The molecule has 4 N–H and O–H groups in total. The van der Waals surface area contributed by atoms with Gasteiger partial charge in [-0.05, 0) is 85.6 Å². The molecule has 4 rings (SSSR count). The third kappa shape index (κ3) is 6.10. The monoisotopic (exact) mass is 465 g/mol. The van der Waals surface area contributed by atoms with Gasteiger partial charge in [0, 0.05) is 11.3 Å². The third-order valence-electron chi connectivity index (χ3n) is 6.74. The number of nitriles is 1. The van der Waals surface area contributed by atoms with Crippen molar-refractivity contribution in [3.63, 3.8) is 0 Å². The van der Waals surface area contributed by atoms with Crippen LogP contribution in [0.15, 0.2) is 30.5 Å². The summed E-state index contributed by atoms with van der Waals surface area (Å²) in [7, 11) is 1.36. The zero-order chi connectivity index (χ0) is 24.1. The number of hydrogen-bond acceptors (Lipinski definition) is 6. The maximum absolute atomic E-state index is 12.8. The molecule has 1 fully saturated rings. The average molecular weight is 466 g/mol. The molecule has 1 amide bonds. The van der Waals surface area contributed by atoms with Crippen molar-refractivity contribution >= 4 is 17.2 Å². The minimum atomic E-state index is -0.999. The molecular weight excluding hydrogens is 432 g/mol. The summed E-state index contributed by atoms with van der Waals surface area (Å²) in [5, 5.41) is 31.0. The summed E-state index contributed by atoms with van der Waals surface area (Å²) >= 11 is 0. The lowest BCUT2D eigenvalue weighted by molar-refractivity contribution is -1.23. The Bertz CT molecular complexity index is 1090. The van der Waals surface area contributed by atoms with Gasteiger partial charge in [-0.3, -0.25) is 9.69 Å². The number of nitrogens with one attached hydrogen (secondary N) is 2. The molecule has 0 saturated carbocycles. The summed E-state index contributed by atoms with van der Waals surface area (Å²) in [6.07, 6.45) is 10.0. The van der Waals surface area contributed by atoms with Crippen molar-refractivity contribution in [2.24, 2.45) is 0 Å². The number of H-pyrrole nitrogens is 1. The third-order valence-corrected chi connectivity index (χ3v) is 6.74. The van der Waals surface area contributed by atoms with Crippen molar-refractivity contribution in [1.82, 2.24) is 14.9 Å². The molecule has 9 heteroatoms. The Morgan fingerprint density at radius 2 is 2.12 bits per heavy atom. The predicted molar refractivity (Wildman–Crippen MR) is 127 cm³/mol. The van der Waals surface area contributed by atoms with E-state index < -0.39 is 4.81 Å². The molecule has 9 nitrogen and oxygen atoms in total. The number of amides is 1. The van der Waals surface area contributed by atoms with E-state index in [-0.39, 0.29) is 24.0 Å². The lowest BCUT2D eigenvalue weighted by Gasteiger charge is -2.33. The van der Waals surface area contributed by atoms with Crippen LogP contribution in [0.5, 0.6) is 0 Å². The number of hydrogen-bond donors (Lipinski definition) is 4. The number of carbonyl (C=O) groups excluding carboxylic acids is 1. The van der Waals surface area contributed by atoms with Gasteiger partial charge in [-0.15, -0.1) is 0 Å². The lowest BCUT2D eigenvalue weighted by atomic mass is 9.85. The van der Waals surface area contributed by atoms with Crippen molar-refractivity contribution in [2.45, 2.75) is 44.4 Å². The number of carbonyl (C=O) groups is 1. The first-order valence-corrected chi connectivity index (χ1v) is 12.0. The first kappa shape index (κ1) is 24.1. The van der Waals surface area contributed by atoms with E-state index in [2.05, 4.69) is 38.4 Å². The van der Waals surface area contributed by atoms with Gasteiger partial charge in [-0.25, -0.2) is 4.98 Å². The van der Waals surface area contributed by atoms with E-state index in [0.29, 0.717) is 12.5 Å². The fraction of sp³-hybridized carbons (Fsp3) is 0.480. The zero-order valence-electron chi connectivity index (χ0n) is 19.6. The van der Waals surface area contributed by atoms with E-state index in [0.717, 1.165) is 56.4 Å². The van der Waals surface area contributed by atoms with Crippen LogP contribution in [0.2, 0.25) is 0 Å². The number of likely N-dealkylation sites (tertiary alicyclic amines) is 1. The Morgan fingerprint density at radius 1 is 1.32 bits per heavy atom. The van der Waals surface area contributed by atoms with E-state index in [9.17, 15) is 15.2 Å². The highest BCUT2D eigenvalue weighted by Gasteiger charge is 2.25. The Balaban J connectivity index is 1.50. The fourth-order valence-corrected chi connectivity index (χ4v) is 4.77. The molecule has 2 heterocycles. The molecule has 0 unspecified atom stereocenters. The van der Waals surface area contributed by atoms with E-state index in [1.165, 1.54) is 30.8 Å². The van der Waals surface area contributed by atoms with Crippen LogP contribution < -0.4 is 5.32 Å². The number of nitrogens with zero attached hydrogens (tertiary/aromatic N) is 4. The number of imidazole rings is 1. The second kappa shape index (κ2) is 10.5. The standard InChI is InChI=1S/C25H32N6O3/c1-31(33,34)14-13-30-11-9-18(10-12-30)20-7-8-23(22(15-20)19-5-3-2-4-6-19)29-25(32)24-27-17-21(16-26)28-24/h5,7-8,15,17-18,33-34H,2-4,6,9-14H2,1H3,(H-,27,28,29,32)/p+1. The zero-order valence-corrected chi connectivity index (χ0v) is 19.6. The lowest BCUT2D eigenvalue weighted by Crippen LogP contribution is -2.45. The van der Waals surface area contributed by atoms with Gasteiger partial charge in [0.1, 0.15) is 18.8 Å². The number of quaternary nitrogens is 1. The Labute approximate surface area is 199 Å². The molecule has 1 aromatic heterocycles. The van der Waals surface area contributed by atoms with Gasteiger partial charge in [0.05, 0.1) is 12.7 Å². The van der Waals surface area contributed by atoms with Crippen molar-refractivity contribution in [1.29, 1.82) is 5.26 Å².